The van der Waals surface area contributed by atoms with Crippen LogP contribution in [0.1, 0.15) is 56.4 Å². The fraction of sp³-hybridized carbons (Fsp3) is 0.652. The Morgan fingerprint density at radius 3 is 2.62 bits per heavy atom. The van der Waals surface area contributed by atoms with Crippen molar-refractivity contribution < 1.29 is 37.3 Å². The van der Waals surface area contributed by atoms with Crippen molar-refractivity contribution in [1.82, 2.24) is 10.6 Å². The fourth-order valence-electron chi connectivity index (χ4n) is 5.04. The summed E-state index contributed by atoms with van der Waals surface area (Å²) in [6.07, 6.45) is -0.959. The van der Waals surface area contributed by atoms with Gasteiger partial charge in [-0.05, 0) is 37.5 Å². The summed E-state index contributed by atoms with van der Waals surface area (Å²) in [6, 6.07) is 5.17. The zero-order chi connectivity index (χ0) is 24.3. The molecule has 4 N–H and O–H groups in total. The summed E-state index contributed by atoms with van der Waals surface area (Å²) < 4.78 is 48.9. The Balaban J connectivity index is 1.40. The van der Waals surface area contributed by atoms with Crippen LogP contribution in [0.4, 0.5) is 23.7 Å². The number of ether oxygens (including phenoxy) is 2. The molecule has 8 nitrogen and oxygen atoms in total. The smallest absolute Gasteiger partial charge is 0.405 e. The number of halogens is 3. The number of amides is 3. The first-order valence-corrected chi connectivity index (χ1v) is 11.7. The van der Waals surface area contributed by atoms with Crippen molar-refractivity contribution in [3.63, 3.8) is 0 Å². The molecule has 2 aliphatic heterocycles. The Kier molecular flexibility index (Phi) is 7.51. The molecule has 0 unspecified atom stereocenters. The Morgan fingerprint density at radius 1 is 1.15 bits per heavy atom. The number of benzene rings is 1. The number of carbonyl (C=O) groups is 2. The summed E-state index contributed by atoms with van der Waals surface area (Å²) in [5.74, 6) is -0.409. The molecule has 4 atom stereocenters. The first kappa shape index (κ1) is 24.6. The van der Waals surface area contributed by atoms with Gasteiger partial charge in [0.1, 0.15) is 24.5 Å². The number of rotatable bonds is 6. The van der Waals surface area contributed by atoms with Crippen molar-refractivity contribution in [2.75, 3.05) is 18.5 Å². The van der Waals surface area contributed by atoms with E-state index >= 15 is 0 Å². The maximum Gasteiger partial charge on any atom is 0.405 e. The number of hydrogen-bond acceptors (Lipinski definition) is 5. The van der Waals surface area contributed by atoms with Gasteiger partial charge in [-0.3, -0.25) is 4.79 Å². The van der Waals surface area contributed by atoms with Crippen molar-refractivity contribution in [3.8, 4) is 5.75 Å². The third-order valence-corrected chi connectivity index (χ3v) is 6.60. The number of hydrogen-bond donors (Lipinski definition) is 4. The molecule has 3 aliphatic rings. The second kappa shape index (κ2) is 10.4. The van der Waals surface area contributed by atoms with E-state index in [-0.39, 0.29) is 31.0 Å². The van der Waals surface area contributed by atoms with E-state index in [4.69, 9.17) is 9.47 Å². The van der Waals surface area contributed by atoms with Crippen LogP contribution in [0.15, 0.2) is 18.2 Å². The third-order valence-electron chi connectivity index (χ3n) is 6.60. The highest BCUT2D eigenvalue weighted by Crippen LogP contribution is 2.47. The molecule has 0 bridgehead atoms. The molecule has 1 aliphatic carbocycles. The fourth-order valence-corrected chi connectivity index (χ4v) is 5.04. The molecule has 11 heteroatoms. The highest BCUT2D eigenvalue weighted by atomic mass is 19.4. The van der Waals surface area contributed by atoms with Gasteiger partial charge in [0.05, 0.1) is 19.1 Å². The predicted molar refractivity (Wildman–Crippen MR) is 117 cm³/mol. The average Bonchev–Trinajstić information content (AvgIpc) is 3.15. The maximum atomic E-state index is 12.4. The predicted octanol–water partition coefficient (Wildman–Crippen LogP) is 3.20. The number of fused-ring (bicyclic) bond motifs is 3. The Hall–Kier alpha value is -2.53. The zero-order valence-electron chi connectivity index (χ0n) is 18.7. The summed E-state index contributed by atoms with van der Waals surface area (Å²) in [5.41, 5.74) is 1.39. The van der Waals surface area contributed by atoms with Crippen molar-refractivity contribution in [2.24, 2.45) is 0 Å². The van der Waals surface area contributed by atoms with E-state index < -0.39 is 36.9 Å². The lowest BCUT2D eigenvalue weighted by Gasteiger charge is -2.37. The number of urea groups is 1. The van der Waals surface area contributed by atoms with Gasteiger partial charge in [0, 0.05) is 23.2 Å². The van der Waals surface area contributed by atoms with E-state index in [2.05, 4.69) is 10.6 Å². The SMILES string of the molecule is O=C(C[C@@H]1C[C@H]2c3cc(NC(=O)NC4CCCCC4)ccc3O[C@H]2[C@H](CO)O1)NCC(F)(F)F. The lowest BCUT2D eigenvalue weighted by molar-refractivity contribution is -0.149. The zero-order valence-corrected chi connectivity index (χ0v) is 18.7. The molecule has 2 heterocycles. The number of aliphatic hydroxyl groups is 1. The summed E-state index contributed by atoms with van der Waals surface area (Å²) in [5, 5.41) is 17.5. The van der Waals surface area contributed by atoms with E-state index in [9.17, 15) is 27.9 Å². The number of aliphatic hydroxyl groups excluding tert-OH is 1. The van der Waals surface area contributed by atoms with E-state index in [1.165, 1.54) is 6.42 Å². The Labute approximate surface area is 195 Å². The minimum atomic E-state index is -4.49. The van der Waals surface area contributed by atoms with Gasteiger partial charge in [0.2, 0.25) is 5.91 Å². The van der Waals surface area contributed by atoms with Gasteiger partial charge in [-0.15, -0.1) is 0 Å². The van der Waals surface area contributed by atoms with Gasteiger partial charge in [0.25, 0.3) is 0 Å². The molecular weight excluding hydrogens is 455 g/mol. The topological polar surface area (TPSA) is 109 Å². The molecule has 188 valence electrons. The molecule has 1 saturated carbocycles. The summed E-state index contributed by atoms with van der Waals surface area (Å²) >= 11 is 0. The summed E-state index contributed by atoms with van der Waals surface area (Å²) in [7, 11) is 0. The quantitative estimate of drug-likeness (QED) is 0.495. The van der Waals surface area contributed by atoms with Crippen LogP contribution < -0.4 is 20.7 Å². The van der Waals surface area contributed by atoms with Crippen molar-refractivity contribution in [2.45, 2.75) is 81.4 Å². The van der Waals surface area contributed by atoms with Crippen LogP contribution in [-0.2, 0) is 9.53 Å². The second-order valence-corrected chi connectivity index (χ2v) is 9.19. The standard InChI is InChI=1S/C23H30F3N3O5/c24-23(25,26)12-27-20(31)10-15-9-17-16-8-14(29-22(32)28-13-4-2-1-3-5-13)6-7-18(16)34-21(17)19(11-30)33-15/h6-8,13,15,17,19,21,30H,1-5,9-12H2,(H,27,31)(H2,28,29,32)/t15-,17-,19-,21+/m0/s1. The van der Waals surface area contributed by atoms with E-state index in [0.717, 1.165) is 31.2 Å². The maximum absolute atomic E-state index is 12.4. The average molecular weight is 486 g/mol. The van der Waals surface area contributed by atoms with Crippen LogP contribution in [0.25, 0.3) is 0 Å². The van der Waals surface area contributed by atoms with Crippen LogP contribution in [0, 0.1) is 0 Å². The van der Waals surface area contributed by atoms with Crippen LogP contribution in [0.5, 0.6) is 5.75 Å². The molecule has 3 amide bonds. The van der Waals surface area contributed by atoms with Crippen LogP contribution >= 0.6 is 0 Å². The largest absolute Gasteiger partial charge is 0.487 e. The second-order valence-electron chi connectivity index (χ2n) is 9.19. The molecule has 1 aromatic carbocycles. The molecule has 0 radical (unpaired) electrons. The van der Waals surface area contributed by atoms with Gasteiger partial charge in [-0.2, -0.15) is 13.2 Å². The molecule has 34 heavy (non-hydrogen) atoms. The number of alkyl halides is 3. The molecule has 0 spiro atoms. The summed E-state index contributed by atoms with van der Waals surface area (Å²) in [4.78, 5) is 24.4. The van der Waals surface area contributed by atoms with Gasteiger partial charge in [-0.25, -0.2) is 4.79 Å². The molecule has 2 fully saturated rings. The van der Waals surface area contributed by atoms with E-state index in [0.29, 0.717) is 17.9 Å². The van der Waals surface area contributed by atoms with Gasteiger partial charge >= 0.3 is 12.2 Å². The Bertz CT molecular complexity index is 891. The number of carbonyl (C=O) groups excluding carboxylic acids is 2. The normalized spacial score (nSPS) is 26.7. The summed E-state index contributed by atoms with van der Waals surface area (Å²) in [6.45, 7) is -1.76. The van der Waals surface area contributed by atoms with Crippen LogP contribution in [-0.4, -0.2) is 60.7 Å². The third kappa shape index (κ3) is 6.12. The van der Waals surface area contributed by atoms with Gasteiger partial charge in [0.15, 0.2) is 0 Å². The lowest BCUT2D eigenvalue weighted by Crippen LogP contribution is -2.47. The lowest BCUT2D eigenvalue weighted by atomic mass is 9.84. The van der Waals surface area contributed by atoms with Crippen molar-refractivity contribution in [1.29, 1.82) is 0 Å². The van der Waals surface area contributed by atoms with Gasteiger partial charge in [-0.1, -0.05) is 19.3 Å². The van der Waals surface area contributed by atoms with Crippen molar-refractivity contribution in [3.05, 3.63) is 23.8 Å². The molecule has 1 aromatic rings. The highest BCUT2D eigenvalue weighted by molar-refractivity contribution is 5.89. The molecule has 4 rings (SSSR count). The highest BCUT2D eigenvalue weighted by Gasteiger charge is 2.46. The molecular formula is C23H30F3N3O5. The Morgan fingerprint density at radius 2 is 1.91 bits per heavy atom. The minimum absolute atomic E-state index is 0.168. The van der Waals surface area contributed by atoms with Crippen LogP contribution in [0.3, 0.4) is 0 Å². The molecule has 1 saturated heterocycles. The minimum Gasteiger partial charge on any atom is -0.487 e. The van der Waals surface area contributed by atoms with Crippen LogP contribution in [0.2, 0.25) is 0 Å². The molecule has 0 aromatic heterocycles. The van der Waals surface area contributed by atoms with Gasteiger partial charge < -0.3 is 30.5 Å². The number of nitrogens with one attached hydrogen (secondary N) is 3. The number of anilines is 1. The van der Waals surface area contributed by atoms with E-state index in [1.54, 1.807) is 18.2 Å². The first-order valence-electron chi connectivity index (χ1n) is 11.7. The first-order chi connectivity index (χ1) is 16.2. The van der Waals surface area contributed by atoms with Crippen molar-refractivity contribution >= 4 is 17.6 Å². The monoisotopic (exact) mass is 485 g/mol. The van der Waals surface area contributed by atoms with E-state index in [1.807, 2.05) is 5.32 Å².